The van der Waals surface area contributed by atoms with Crippen LogP contribution in [0.25, 0.3) is 0 Å². The van der Waals surface area contributed by atoms with Crippen LogP contribution in [0.4, 0.5) is 5.69 Å². The Balaban J connectivity index is 2.14. The molecule has 0 unspecified atom stereocenters. The fourth-order valence-corrected chi connectivity index (χ4v) is 3.09. The van der Waals surface area contributed by atoms with Crippen LogP contribution in [0.1, 0.15) is 16.7 Å². The molecule has 0 atom stereocenters. The van der Waals surface area contributed by atoms with E-state index in [1.807, 2.05) is 19.9 Å². The molecule has 2 rings (SSSR count). The summed E-state index contributed by atoms with van der Waals surface area (Å²) in [6.07, 6.45) is 5.74. The van der Waals surface area contributed by atoms with E-state index < -0.39 is 15.9 Å². The minimum absolute atomic E-state index is 0.350. The zero-order valence-electron chi connectivity index (χ0n) is 14.3. The normalized spacial score (nSPS) is 11.5. The van der Waals surface area contributed by atoms with Gasteiger partial charge in [-0.1, -0.05) is 12.1 Å². The summed E-state index contributed by atoms with van der Waals surface area (Å²) in [4.78, 5) is 16.0. The number of benzene rings is 1. The van der Waals surface area contributed by atoms with Gasteiger partial charge in [0.15, 0.2) is 0 Å². The first-order chi connectivity index (χ1) is 11.8. The molecule has 0 bridgehead atoms. The number of aromatic nitrogens is 1. The van der Waals surface area contributed by atoms with Gasteiger partial charge in [-0.15, -0.1) is 0 Å². The summed E-state index contributed by atoms with van der Waals surface area (Å²) in [5, 5.41) is 3.84. The molecule has 0 aliphatic carbocycles. The molecule has 0 saturated carbocycles. The van der Waals surface area contributed by atoms with Crippen molar-refractivity contribution in [1.82, 2.24) is 10.4 Å². The van der Waals surface area contributed by atoms with Crippen molar-refractivity contribution in [3.63, 3.8) is 0 Å². The standard InChI is InChI=1S/C17H20N4O3S/c1-13-5-4-6-16(14(13)2)21(25(3,23)24)12-17(22)20-19-11-15-7-9-18-10-8-15/h4-11H,12H2,1-3H3,(H,20,22)/b19-11-. The molecule has 0 spiro atoms. The van der Waals surface area contributed by atoms with E-state index in [2.05, 4.69) is 15.5 Å². The van der Waals surface area contributed by atoms with Gasteiger partial charge in [-0.2, -0.15) is 5.10 Å². The number of aryl methyl sites for hydroxylation is 1. The Morgan fingerprint density at radius 1 is 1.24 bits per heavy atom. The molecule has 1 aromatic carbocycles. The van der Waals surface area contributed by atoms with Gasteiger partial charge in [-0.05, 0) is 48.7 Å². The Bertz CT molecular complexity index is 880. The summed E-state index contributed by atoms with van der Waals surface area (Å²) >= 11 is 0. The first-order valence-corrected chi connectivity index (χ1v) is 9.39. The largest absolute Gasteiger partial charge is 0.271 e. The molecule has 0 saturated heterocycles. The summed E-state index contributed by atoms with van der Waals surface area (Å²) in [6, 6.07) is 8.79. The highest BCUT2D eigenvalue weighted by molar-refractivity contribution is 7.92. The van der Waals surface area contributed by atoms with Crippen LogP contribution in [0.15, 0.2) is 47.8 Å². The van der Waals surface area contributed by atoms with Crippen LogP contribution >= 0.6 is 0 Å². The zero-order valence-corrected chi connectivity index (χ0v) is 15.1. The fourth-order valence-electron chi connectivity index (χ4n) is 2.18. The zero-order chi connectivity index (χ0) is 18.4. The van der Waals surface area contributed by atoms with Gasteiger partial charge in [0, 0.05) is 12.4 Å². The molecular formula is C17H20N4O3S. The third kappa shape index (κ3) is 5.12. The SMILES string of the molecule is Cc1cccc(N(CC(=O)N/N=C\c2ccncc2)S(C)(=O)=O)c1C. The molecule has 1 amide bonds. The lowest BCUT2D eigenvalue weighted by atomic mass is 10.1. The quantitative estimate of drug-likeness (QED) is 0.626. The van der Waals surface area contributed by atoms with Crippen LogP contribution in [-0.4, -0.2) is 38.3 Å². The molecule has 7 nitrogen and oxygen atoms in total. The third-order valence-corrected chi connectivity index (χ3v) is 4.77. The highest BCUT2D eigenvalue weighted by Crippen LogP contribution is 2.24. The minimum atomic E-state index is -3.62. The molecule has 1 aromatic heterocycles. The molecule has 0 fully saturated rings. The topological polar surface area (TPSA) is 91.7 Å². The Labute approximate surface area is 147 Å². The Hall–Kier alpha value is -2.74. The molecule has 132 valence electrons. The predicted octanol–water partition coefficient (Wildman–Crippen LogP) is 1.61. The first-order valence-electron chi connectivity index (χ1n) is 7.55. The van der Waals surface area contributed by atoms with E-state index in [9.17, 15) is 13.2 Å². The van der Waals surface area contributed by atoms with E-state index in [1.54, 1.807) is 36.7 Å². The van der Waals surface area contributed by atoms with Gasteiger partial charge < -0.3 is 0 Å². The van der Waals surface area contributed by atoms with Crippen molar-refractivity contribution in [3.8, 4) is 0 Å². The van der Waals surface area contributed by atoms with Gasteiger partial charge in [0.1, 0.15) is 6.54 Å². The smallest absolute Gasteiger partial charge is 0.260 e. The molecule has 1 heterocycles. The van der Waals surface area contributed by atoms with Crippen molar-refractivity contribution in [3.05, 3.63) is 59.4 Å². The van der Waals surface area contributed by atoms with Crippen molar-refractivity contribution >= 4 is 27.8 Å². The lowest BCUT2D eigenvalue weighted by Crippen LogP contribution is -2.39. The van der Waals surface area contributed by atoms with Crippen molar-refractivity contribution in [1.29, 1.82) is 0 Å². The van der Waals surface area contributed by atoms with Crippen molar-refractivity contribution in [2.45, 2.75) is 13.8 Å². The van der Waals surface area contributed by atoms with E-state index in [0.29, 0.717) is 5.69 Å². The van der Waals surface area contributed by atoms with Crippen molar-refractivity contribution in [2.75, 3.05) is 17.1 Å². The van der Waals surface area contributed by atoms with Crippen LogP contribution in [0.2, 0.25) is 0 Å². The molecule has 0 aliphatic rings. The number of hydrazone groups is 1. The van der Waals surface area contributed by atoms with Gasteiger partial charge in [0.25, 0.3) is 5.91 Å². The maximum Gasteiger partial charge on any atom is 0.260 e. The summed E-state index contributed by atoms with van der Waals surface area (Å²) in [6.45, 7) is 3.36. The fraction of sp³-hybridized carbons (Fsp3) is 0.235. The molecule has 1 N–H and O–H groups in total. The van der Waals surface area contributed by atoms with Gasteiger partial charge in [0.05, 0.1) is 18.2 Å². The second-order valence-corrected chi connectivity index (χ2v) is 7.47. The summed E-state index contributed by atoms with van der Waals surface area (Å²) < 4.78 is 25.3. The third-order valence-electron chi connectivity index (χ3n) is 3.64. The number of nitrogens with zero attached hydrogens (tertiary/aromatic N) is 3. The van der Waals surface area contributed by atoms with Gasteiger partial charge >= 0.3 is 0 Å². The van der Waals surface area contributed by atoms with Crippen molar-refractivity contribution in [2.24, 2.45) is 5.10 Å². The number of nitrogens with one attached hydrogen (secondary N) is 1. The summed E-state index contributed by atoms with van der Waals surface area (Å²) in [5.41, 5.74) is 5.35. The average Bonchev–Trinajstić information content (AvgIpc) is 2.55. The number of pyridine rings is 1. The van der Waals surface area contributed by atoms with E-state index in [4.69, 9.17) is 0 Å². The molecule has 0 aliphatic heterocycles. The summed E-state index contributed by atoms with van der Waals surface area (Å²) in [5.74, 6) is -0.531. The first kappa shape index (κ1) is 18.6. The van der Waals surface area contributed by atoms with Gasteiger partial charge in [-0.3, -0.25) is 14.1 Å². The number of anilines is 1. The Kier molecular flexibility index (Phi) is 5.87. The Morgan fingerprint density at radius 3 is 2.56 bits per heavy atom. The lowest BCUT2D eigenvalue weighted by molar-refractivity contribution is -0.119. The maximum absolute atomic E-state index is 12.1. The highest BCUT2D eigenvalue weighted by Gasteiger charge is 2.22. The molecular weight excluding hydrogens is 340 g/mol. The molecule has 2 aromatic rings. The number of sulfonamides is 1. The number of amides is 1. The van der Waals surface area contributed by atoms with Crippen molar-refractivity contribution < 1.29 is 13.2 Å². The summed E-state index contributed by atoms with van der Waals surface area (Å²) in [7, 11) is -3.62. The van der Waals surface area contributed by atoms with Crippen LogP contribution in [-0.2, 0) is 14.8 Å². The number of rotatable bonds is 6. The number of carbonyl (C=O) groups is 1. The van der Waals surface area contributed by atoms with Crippen LogP contribution < -0.4 is 9.73 Å². The maximum atomic E-state index is 12.1. The lowest BCUT2D eigenvalue weighted by Gasteiger charge is -2.23. The number of hydrogen-bond acceptors (Lipinski definition) is 5. The van der Waals surface area contributed by atoms with Crippen LogP contribution in [0.5, 0.6) is 0 Å². The van der Waals surface area contributed by atoms with Gasteiger partial charge in [-0.25, -0.2) is 13.8 Å². The van der Waals surface area contributed by atoms with Crippen LogP contribution in [0.3, 0.4) is 0 Å². The van der Waals surface area contributed by atoms with E-state index in [0.717, 1.165) is 27.3 Å². The average molecular weight is 360 g/mol. The monoisotopic (exact) mass is 360 g/mol. The molecule has 25 heavy (non-hydrogen) atoms. The van der Waals surface area contributed by atoms with E-state index in [-0.39, 0.29) is 6.54 Å². The predicted molar refractivity (Wildman–Crippen MR) is 98.1 cm³/mol. The Morgan fingerprint density at radius 2 is 1.92 bits per heavy atom. The second kappa shape index (κ2) is 7.89. The minimum Gasteiger partial charge on any atom is -0.271 e. The van der Waals surface area contributed by atoms with Gasteiger partial charge in [0.2, 0.25) is 10.0 Å². The number of carbonyl (C=O) groups excluding carboxylic acids is 1. The van der Waals surface area contributed by atoms with E-state index in [1.165, 1.54) is 6.21 Å². The molecule has 8 heteroatoms. The molecule has 0 radical (unpaired) electrons. The highest BCUT2D eigenvalue weighted by atomic mass is 32.2. The van der Waals surface area contributed by atoms with E-state index >= 15 is 0 Å². The number of hydrogen-bond donors (Lipinski definition) is 1. The second-order valence-electron chi connectivity index (χ2n) is 5.56. The van der Waals surface area contributed by atoms with Crippen LogP contribution in [0, 0.1) is 13.8 Å².